The fraction of sp³-hybridized carbons (Fsp3) is 0.657. The van der Waals surface area contributed by atoms with Gasteiger partial charge in [0, 0.05) is 11.1 Å². The van der Waals surface area contributed by atoms with Gasteiger partial charge in [0.1, 0.15) is 0 Å². The maximum absolute atomic E-state index is 3.16. The van der Waals surface area contributed by atoms with E-state index in [4.69, 9.17) is 0 Å². The average Bonchev–Trinajstić information content (AvgIpc) is 3.31. The van der Waals surface area contributed by atoms with E-state index in [2.05, 4.69) is 70.5 Å². The van der Waals surface area contributed by atoms with E-state index < -0.39 is 0 Å². The summed E-state index contributed by atoms with van der Waals surface area (Å²) in [7, 11) is 0. The third-order valence-corrected chi connectivity index (χ3v) is 12.8. The first-order valence-electron chi connectivity index (χ1n) is 15.8. The maximum atomic E-state index is 3.16. The summed E-state index contributed by atoms with van der Waals surface area (Å²) in [6, 6.07) is 24.5. The predicted molar refractivity (Wildman–Crippen MR) is 149 cm³/mol. The molecule has 37 heavy (non-hydrogen) atoms. The van der Waals surface area contributed by atoms with E-state index in [0.29, 0.717) is 23.2 Å². The molecule has 0 radical (unpaired) electrons. The van der Waals surface area contributed by atoms with Crippen LogP contribution in [0.3, 0.4) is 0 Å². The lowest BCUT2D eigenvalue weighted by Gasteiger charge is -2.62. The molecule has 1 saturated heterocycles. The summed E-state index contributed by atoms with van der Waals surface area (Å²) in [6.45, 7) is 1.21. The minimum absolute atomic E-state index is 0.430. The molecule has 1 aliphatic heterocycles. The number of hydrogen-bond acceptors (Lipinski definition) is 2. The molecule has 194 valence electrons. The molecule has 2 aromatic carbocycles. The zero-order valence-electron chi connectivity index (χ0n) is 22.5. The molecule has 9 fully saturated rings. The van der Waals surface area contributed by atoms with Crippen LogP contribution in [0.4, 0.5) is 0 Å². The normalized spacial score (nSPS) is 48.2. The second kappa shape index (κ2) is 7.95. The Labute approximate surface area is 223 Å². The SMILES string of the molecule is c1ccc([C@@H]2[C@@H](c3ccccc3)N(C34CC5CC(CC(C5)C3)C4)CN2C23CC4CC(CC(C4)C2)C3)cc1. The highest BCUT2D eigenvalue weighted by molar-refractivity contribution is 5.32. The van der Waals surface area contributed by atoms with Crippen molar-refractivity contribution in [1.82, 2.24) is 9.80 Å². The van der Waals surface area contributed by atoms with Gasteiger partial charge in [-0.3, -0.25) is 9.80 Å². The zero-order valence-corrected chi connectivity index (χ0v) is 22.5. The van der Waals surface area contributed by atoms with Crippen molar-refractivity contribution in [3.63, 3.8) is 0 Å². The molecule has 8 aliphatic carbocycles. The van der Waals surface area contributed by atoms with E-state index in [1.807, 2.05) is 0 Å². The van der Waals surface area contributed by atoms with Gasteiger partial charge in [0.15, 0.2) is 0 Å². The first-order chi connectivity index (χ1) is 18.2. The quantitative estimate of drug-likeness (QED) is 0.427. The lowest BCUT2D eigenvalue weighted by molar-refractivity contribution is -0.118. The number of rotatable bonds is 4. The van der Waals surface area contributed by atoms with E-state index in [9.17, 15) is 0 Å². The molecule has 0 amide bonds. The van der Waals surface area contributed by atoms with Gasteiger partial charge in [-0.2, -0.15) is 0 Å². The molecular weight excluding hydrogens is 448 g/mol. The van der Waals surface area contributed by atoms with Crippen molar-refractivity contribution in [1.29, 1.82) is 0 Å². The molecule has 0 aromatic heterocycles. The third-order valence-electron chi connectivity index (χ3n) is 12.8. The highest BCUT2D eigenvalue weighted by Gasteiger charge is 2.63. The number of hydrogen-bond donors (Lipinski definition) is 0. The summed E-state index contributed by atoms with van der Waals surface area (Å²) in [4.78, 5) is 6.31. The molecule has 1 heterocycles. The number of benzene rings is 2. The first-order valence-corrected chi connectivity index (χ1v) is 15.8. The molecule has 9 aliphatic rings. The van der Waals surface area contributed by atoms with Gasteiger partial charge in [-0.15, -0.1) is 0 Å². The van der Waals surface area contributed by atoms with Gasteiger partial charge in [0.25, 0.3) is 0 Å². The van der Waals surface area contributed by atoms with Crippen molar-refractivity contribution in [3.05, 3.63) is 71.8 Å². The molecule has 2 atom stereocenters. The van der Waals surface area contributed by atoms with Crippen LogP contribution in [0.15, 0.2) is 60.7 Å². The predicted octanol–water partition coefficient (Wildman–Crippen LogP) is 7.98. The zero-order chi connectivity index (χ0) is 24.2. The maximum Gasteiger partial charge on any atom is 0.0563 e. The summed E-state index contributed by atoms with van der Waals surface area (Å²) in [5.41, 5.74) is 4.00. The monoisotopic (exact) mass is 492 g/mol. The summed E-state index contributed by atoms with van der Waals surface area (Å²) in [5.74, 6) is 5.95. The lowest BCUT2D eigenvalue weighted by Crippen LogP contribution is -2.62. The Kier molecular flexibility index (Phi) is 4.77. The van der Waals surface area contributed by atoms with Crippen LogP contribution < -0.4 is 0 Å². The topological polar surface area (TPSA) is 6.48 Å². The Hall–Kier alpha value is -1.64. The van der Waals surface area contributed by atoms with Crippen molar-refractivity contribution in [2.45, 2.75) is 100 Å². The highest BCUT2D eigenvalue weighted by Crippen LogP contribution is 2.65. The Balaban J connectivity index is 1.20. The van der Waals surface area contributed by atoms with Crippen molar-refractivity contribution in [2.24, 2.45) is 35.5 Å². The lowest BCUT2D eigenvalue weighted by atomic mass is 9.52. The van der Waals surface area contributed by atoms with Gasteiger partial charge < -0.3 is 0 Å². The van der Waals surface area contributed by atoms with Gasteiger partial charge in [-0.25, -0.2) is 0 Å². The molecule has 2 heteroatoms. The fourth-order valence-electron chi connectivity index (χ4n) is 12.4. The van der Waals surface area contributed by atoms with Crippen LogP contribution in [0.1, 0.15) is 100 Å². The van der Waals surface area contributed by atoms with Crippen LogP contribution in [0, 0.1) is 35.5 Å². The van der Waals surface area contributed by atoms with Crippen molar-refractivity contribution in [2.75, 3.05) is 6.67 Å². The standard InChI is InChI=1S/C35H44N2/c1-3-7-30(8-4-1)32-33(31-9-5-2-6-10-31)37(35-20-27-14-28(21-35)16-29(15-27)22-35)23-36(32)34-17-24-11-25(18-34)13-26(12-24)19-34/h1-10,24-29,32-33H,11-23H2/t24?,25?,26?,27?,28?,29?,32-,33-,34?,35?/m1/s1. The van der Waals surface area contributed by atoms with E-state index in [0.717, 1.165) is 35.5 Å². The first kappa shape index (κ1) is 22.2. The molecular formula is C35H44N2. The Morgan fingerprint density at radius 3 is 1.03 bits per heavy atom. The van der Waals surface area contributed by atoms with Crippen molar-refractivity contribution < 1.29 is 0 Å². The molecule has 0 spiro atoms. The second-order valence-electron chi connectivity index (χ2n) is 15.1. The minimum Gasteiger partial charge on any atom is -0.276 e. The Morgan fingerprint density at radius 1 is 0.432 bits per heavy atom. The van der Waals surface area contributed by atoms with E-state index in [1.54, 1.807) is 11.1 Å². The molecule has 0 N–H and O–H groups in total. The molecule has 2 nitrogen and oxygen atoms in total. The van der Waals surface area contributed by atoms with Gasteiger partial charge in [-0.05, 0) is 124 Å². The molecule has 0 unspecified atom stereocenters. The summed E-state index contributed by atoms with van der Waals surface area (Å²) in [5, 5.41) is 0. The van der Waals surface area contributed by atoms with E-state index >= 15 is 0 Å². The van der Waals surface area contributed by atoms with Crippen LogP contribution in [-0.2, 0) is 0 Å². The van der Waals surface area contributed by atoms with Gasteiger partial charge >= 0.3 is 0 Å². The highest BCUT2D eigenvalue weighted by atomic mass is 15.5. The molecule has 11 rings (SSSR count). The Morgan fingerprint density at radius 2 is 0.730 bits per heavy atom. The molecule has 2 aromatic rings. The fourth-order valence-corrected chi connectivity index (χ4v) is 12.4. The van der Waals surface area contributed by atoms with Crippen LogP contribution in [-0.4, -0.2) is 27.5 Å². The summed E-state index contributed by atoms with van der Waals surface area (Å²) in [6.07, 6.45) is 18.0. The second-order valence-corrected chi connectivity index (χ2v) is 15.1. The van der Waals surface area contributed by atoms with Crippen LogP contribution in [0.5, 0.6) is 0 Å². The molecule has 8 bridgehead atoms. The van der Waals surface area contributed by atoms with Crippen molar-refractivity contribution in [3.8, 4) is 0 Å². The average molecular weight is 493 g/mol. The van der Waals surface area contributed by atoms with Crippen molar-refractivity contribution >= 4 is 0 Å². The smallest absolute Gasteiger partial charge is 0.0563 e. The third kappa shape index (κ3) is 3.30. The summed E-state index contributed by atoms with van der Waals surface area (Å²) >= 11 is 0. The van der Waals surface area contributed by atoms with Gasteiger partial charge in [0.05, 0.1) is 18.8 Å². The van der Waals surface area contributed by atoms with Crippen LogP contribution in [0.25, 0.3) is 0 Å². The van der Waals surface area contributed by atoms with Gasteiger partial charge in [0.2, 0.25) is 0 Å². The van der Waals surface area contributed by atoms with Gasteiger partial charge in [-0.1, -0.05) is 60.7 Å². The molecule has 8 saturated carbocycles. The Bertz CT molecular complexity index is 992. The number of nitrogens with zero attached hydrogens (tertiary/aromatic N) is 2. The van der Waals surface area contributed by atoms with E-state index in [1.165, 1.54) is 83.7 Å². The van der Waals surface area contributed by atoms with Crippen LogP contribution >= 0.6 is 0 Å². The minimum atomic E-state index is 0.430. The van der Waals surface area contributed by atoms with Crippen LogP contribution in [0.2, 0.25) is 0 Å². The van der Waals surface area contributed by atoms with E-state index in [-0.39, 0.29) is 0 Å². The summed E-state index contributed by atoms with van der Waals surface area (Å²) < 4.78 is 0. The largest absolute Gasteiger partial charge is 0.276 e.